The molecule has 0 aromatic rings. The van der Waals surface area contributed by atoms with Gasteiger partial charge < -0.3 is 9.84 Å². The highest BCUT2D eigenvalue weighted by molar-refractivity contribution is 4.72. The zero-order chi connectivity index (χ0) is 9.68. The average molecular weight is 187 g/mol. The number of aliphatic hydroxyl groups is 1. The van der Waals surface area contributed by atoms with E-state index in [1.807, 2.05) is 6.92 Å². The van der Waals surface area contributed by atoms with Gasteiger partial charge >= 0.3 is 0 Å². The van der Waals surface area contributed by atoms with Crippen LogP contribution in [0.2, 0.25) is 0 Å². The molecule has 0 saturated carbocycles. The molecule has 2 atom stereocenters. The second kappa shape index (κ2) is 5.58. The Bertz CT molecular complexity index is 141. The first kappa shape index (κ1) is 11.0. The Hall–Kier alpha value is -0.120. The van der Waals surface area contributed by atoms with E-state index in [1.165, 1.54) is 0 Å². The van der Waals surface area contributed by atoms with Gasteiger partial charge in [-0.25, -0.2) is 0 Å². The molecule has 13 heavy (non-hydrogen) atoms. The number of β-amino-alcohol motifs (C(OH)–C–C–N with tert-alkyl or cyclic N) is 1. The summed E-state index contributed by atoms with van der Waals surface area (Å²) < 4.78 is 5.43. The fourth-order valence-electron chi connectivity index (χ4n) is 1.62. The molecule has 0 aromatic heterocycles. The summed E-state index contributed by atoms with van der Waals surface area (Å²) >= 11 is 0. The molecule has 0 spiro atoms. The summed E-state index contributed by atoms with van der Waals surface area (Å²) in [6, 6.07) is 0.448. The Morgan fingerprint density at radius 1 is 1.62 bits per heavy atom. The molecule has 1 heterocycles. The van der Waals surface area contributed by atoms with Crippen LogP contribution in [0.3, 0.4) is 0 Å². The Labute approximate surface area is 80.7 Å². The third-order valence-corrected chi connectivity index (χ3v) is 2.63. The van der Waals surface area contributed by atoms with Gasteiger partial charge in [0.15, 0.2) is 0 Å². The first-order chi connectivity index (χ1) is 6.24. The molecule has 0 aromatic carbocycles. The zero-order valence-electron chi connectivity index (χ0n) is 8.70. The van der Waals surface area contributed by atoms with Crippen LogP contribution in [0, 0.1) is 0 Å². The molecule has 0 aliphatic carbocycles. The van der Waals surface area contributed by atoms with Gasteiger partial charge in [-0.1, -0.05) is 6.92 Å². The lowest BCUT2D eigenvalue weighted by Crippen LogP contribution is -2.40. The van der Waals surface area contributed by atoms with E-state index in [-0.39, 0.29) is 6.10 Å². The molecule has 0 radical (unpaired) electrons. The second-order valence-electron chi connectivity index (χ2n) is 3.83. The number of nitrogens with zero attached hydrogens (tertiary/aromatic N) is 1. The quantitative estimate of drug-likeness (QED) is 0.711. The standard InChI is InChI=1S/C10H21NO2/c1-3-10(12)7-11-5-4-6-13-8-9(11)2/h9-10,12H,3-8H2,1-2H3. The lowest BCUT2D eigenvalue weighted by Gasteiger charge is -2.27. The summed E-state index contributed by atoms with van der Waals surface area (Å²) in [6.45, 7) is 7.69. The fraction of sp³-hybridized carbons (Fsp3) is 1.00. The molecule has 3 heteroatoms. The van der Waals surface area contributed by atoms with Crippen molar-refractivity contribution in [1.29, 1.82) is 0 Å². The summed E-state index contributed by atoms with van der Waals surface area (Å²) in [7, 11) is 0. The van der Waals surface area contributed by atoms with Crippen molar-refractivity contribution < 1.29 is 9.84 Å². The van der Waals surface area contributed by atoms with Gasteiger partial charge in [0.1, 0.15) is 0 Å². The smallest absolute Gasteiger partial charge is 0.0664 e. The van der Waals surface area contributed by atoms with Crippen molar-refractivity contribution in [1.82, 2.24) is 4.90 Å². The number of hydrogen-bond donors (Lipinski definition) is 1. The van der Waals surface area contributed by atoms with E-state index in [2.05, 4.69) is 11.8 Å². The predicted octanol–water partition coefficient (Wildman–Crippen LogP) is 0.868. The first-order valence-electron chi connectivity index (χ1n) is 5.24. The molecule has 1 aliphatic heterocycles. The normalized spacial score (nSPS) is 28.4. The number of aliphatic hydroxyl groups excluding tert-OH is 1. The van der Waals surface area contributed by atoms with E-state index in [9.17, 15) is 5.11 Å². The summed E-state index contributed by atoms with van der Waals surface area (Å²) in [5.41, 5.74) is 0. The van der Waals surface area contributed by atoms with Crippen molar-refractivity contribution in [3.63, 3.8) is 0 Å². The van der Waals surface area contributed by atoms with Crippen molar-refractivity contribution in [3.8, 4) is 0 Å². The van der Waals surface area contributed by atoms with Crippen LogP contribution in [0.4, 0.5) is 0 Å². The topological polar surface area (TPSA) is 32.7 Å². The van der Waals surface area contributed by atoms with Gasteiger partial charge in [-0.3, -0.25) is 4.90 Å². The van der Waals surface area contributed by atoms with Gasteiger partial charge in [0, 0.05) is 25.7 Å². The lowest BCUT2D eigenvalue weighted by molar-refractivity contribution is 0.0696. The minimum Gasteiger partial charge on any atom is -0.392 e. The predicted molar refractivity (Wildman–Crippen MR) is 52.8 cm³/mol. The van der Waals surface area contributed by atoms with E-state index in [0.717, 1.165) is 39.1 Å². The minimum absolute atomic E-state index is 0.180. The fourth-order valence-corrected chi connectivity index (χ4v) is 1.62. The SMILES string of the molecule is CCC(O)CN1CCCOCC1C. The van der Waals surface area contributed by atoms with Crippen LogP contribution in [0.5, 0.6) is 0 Å². The molecule has 3 nitrogen and oxygen atoms in total. The molecular formula is C10H21NO2. The van der Waals surface area contributed by atoms with Crippen molar-refractivity contribution in [3.05, 3.63) is 0 Å². The molecular weight excluding hydrogens is 166 g/mol. The number of ether oxygens (including phenoxy) is 1. The lowest BCUT2D eigenvalue weighted by atomic mass is 10.2. The molecule has 78 valence electrons. The van der Waals surface area contributed by atoms with Crippen LogP contribution in [-0.2, 0) is 4.74 Å². The van der Waals surface area contributed by atoms with E-state index in [0.29, 0.717) is 6.04 Å². The van der Waals surface area contributed by atoms with Gasteiger partial charge in [-0.2, -0.15) is 0 Å². The molecule has 1 rings (SSSR count). The minimum atomic E-state index is -0.180. The van der Waals surface area contributed by atoms with Gasteiger partial charge in [0.2, 0.25) is 0 Å². The largest absolute Gasteiger partial charge is 0.392 e. The van der Waals surface area contributed by atoms with Gasteiger partial charge in [0.25, 0.3) is 0 Å². The molecule has 1 fully saturated rings. The Kier molecular flexibility index (Phi) is 4.70. The number of hydrogen-bond acceptors (Lipinski definition) is 3. The summed E-state index contributed by atoms with van der Waals surface area (Å²) in [5.74, 6) is 0. The molecule has 1 N–H and O–H groups in total. The van der Waals surface area contributed by atoms with Gasteiger partial charge in [-0.05, 0) is 19.8 Å². The number of rotatable bonds is 3. The Balaban J connectivity index is 2.35. The highest BCUT2D eigenvalue weighted by Crippen LogP contribution is 2.08. The highest BCUT2D eigenvalue weighted by atomic mass is 16.5. The van der Waals surface area contributed by atoms with E-state index in [1.54, 1.807) is 0 Å². The van der Waals surface area contributed by atoms with Gasteiger partial charge in [-0.15, -0.1) is 0 Å². The van der Waals surface area contributed by atoms with Crippen molar-refractivity contribution >= 4 is 0 Å². The average Bonchev–Trinajstić information content (AvgIpc) is 2.32. The third kappa shape index (κ3) is 3.63. The summed E-state index contributed by atoms with van der Waals surface area (Å²) in [6.07, 6.45) is 1.74. The molecule has 1 saturated heterocycles. The van der Waals surface area contributed by atoms with E-state index >= 15 is 0 Å². The van der Waals surface area contributed by atoms with E-state index in [4.69, 9.17) is 4.74 Å². The molecule has 1 aliphatic rings. The van der Waals surface area contributed by atoms with Crippen LogP contribution in [0.25, 0.3) is 0 Å². The van der Waals surface area contributed by atoms with Gasteiger partial charge in [0.05, 0.1) is 12.7 Å². The van der Waals surface area contributed by atoms with Crippen LogP contribution < -0.4 is 0 Å². The summed E-state index contributed by atoms with van der Waals surface area (Å²) in [4.78, 5) is 2.32. The maximum absolute atomic E-state index is 9.54. The van der Waals surface area contributed by atoms with E-state index < -0.39 is 0 Å². The van der Waals surface area contributed by atoms with Crippen LogP contribution in [0.15, 0.2) is 0 Å². The van der Waals surface area contributed by atoms with Crippen molar-refractivity contribution in [2.45, 2.75) is 38.8 Å². The Morgan fingerprint density at radius 3 is 3.08 bits per heavy atom. The zero-order valence-corrected chi connectivity index (χ0v) is 8.70. The summed E-state index contributed by atoms with van der Waals surface area (Å²) in [5, 5.41) is 9.54. The van der Waals surface area contributed by atoms with Crippen LogP contribution >= 0.6 is 0 Å². The molecule has 2 unspecified atom stereocenters. The second-order valence-corrected chi connectivity index (χ2v) is 3.83. The monoisotopic (exact) mass is 187 g/mol. The van der Waals surface area contributed by atoms with Crippen LogP contribution in [0.1, 0.15) is 26.7 Å². The molecule has 0 amide bonds. The molecule has 0 bridgehead atoms. The first-order valence-corrected chi connectivity index (χ1v) is 5.24. The maximum atomic E-state index is 9.54. The van der Waals surface area contributed by atoms with Crippen molar-refractivity contribution in [2.75, 3.05) is 26.3 Å². The van der Waals surface area contributed by atoms with Crippen LogP contribution in [-0.4, -0.2) is 48.5 Å². The maximum Gasteiger partial charge on any atom is 0.0664 e. The Morgan fingerprint density at radius 2 is 2.38 bits per heavy atom. The third-order valence-electron chi connectivity index (χ3n) is 2.63. The van der Waals surface area contributed by atoms with Crippen molar-refractivity contribution in [2.24, 2.45) is 0 Å². The highest BCUT2D eigenvalue weighted by Gasteiger charge is 2.18.